The van der Waals surface area contributed by atoms with Crippen LogP contribution in [-0.4, -0.2) is 32.3 Å². The maximum Gasteiger partial charge on any atom is 0.251 e. The standard InChI is InChI=1S/C23H26ClN5O2S/c1-14(2)20(26-22(31)16-7-5-6-15(3)12-16)21-27-28-23(29(21)4)32-13-19(30)25-18-10-8-17(24)9-11-18/h5-12,14,20H,13H2,1-4H3,(H,25,30)(H,26,31)/t20-/m1/s1. The lowest BCUT2D eigenvalue weighted by atomic mass is 10.0. The lowest BCUT2D eigenvalue weighted by Gasteiger charge is -2.21. The Kier molecular flexibility index (Phi) is 7.93. The third kappa shape index (κ3) is 6.11. The second-order valence-electron chi connectivity index (χ2n) is 7.81. The van der Waals surface area contributed by atoms with E-state index in [0.29, 0.717) is 27.3 Å². The van der Waals surface area contributed by atoms with E-state index in [1.165, 1.54) is 11.8 Å². The summed E-state index contributed by atoms with van der Waals surface area (Å²) in [5, 5.41) is 15.6. The number of halogens is 1. The fraction of sp³-hybridized carbons (Fsp3) is 0.304. The molecule has 32 heavy (non-hydrogen) atoms. The number of carbonyl (C=O) groups excluding carboxylic acids is 2. The molecule has 168 valence electrons. The third-order valence-corrected chi connectivity index (χ3v) is 6.11. The molecule has 0 saturated heterocycles. The molecule has 0 radical (unpaired) electrons. The topological polar surface area (TPSA) is 88.9 Å². The molecule has 0 aliphatic carbocycles. The second-order valence-corrected chi connectivity index (χ2v) is 9.19. The van der Waals surface area contributed by atoms with Gasteiger partial charge >= 0.3 is 0 Å². The molecule has 0 unspecified atom stereocenters. The van der Waals surface area contributed by atoms with Gasteiger partial charge in [0, 0.05) is 23.3 Å². The highest BCUT2D eigenvalue weighted by Crippen LogP contribution is 2.25. The number of hydrogen-bond acceptors (Lipinski definition) is 5. The van der Waals surface area contributed by atoms with Crippen LogP contribution in [-0.2, 0) is 11.8 Å². The van der Waals surface area contributed by atoms with Gasteiger partial charge in [-0.15, -0.1) is 10.2 Å². The van der Waals surface area contributed by atoms with Crippen LogP contribution in [0.1, 0.15) is 41.6 Å². The molecule has 0 bridgehead atoms. The van der Waals surface area contributed by atoms with Gasteiger partial charge in [0.2, 0.25) is 5.91 Å². The van der Waals surface area contributed by atoms with E-state index < -0.39 is 0 Å². The van der Waals surface area contributed by atoms with E-state index in [1.54, 1.807) is 30.3 Å². The predicted molar refractivity (Wildman–Crippen MR) is 128 cm³/mol. The van der Waals surface area contributed by atoms with Gasteiger partial charge in [-0.2, -0.15) is 0 Å². The van der Waals surface area contributed by atoms with Gasteiger partial charge in [0.05, 0.1) is 11.8 Å². The van der Waals surface area contributed by atoms with Crippen LogP contribution in [0.2, 0.25) is 5.02 Å². The van der Waals surface area contributed by atoms with Crippen LogP contribution in [0, 0.1) is 12.8 Å². The average Bonchev–Trinajstić information content (AvgIpc) is 3.11. The smallest absolute Gasteiger partial charge is 0.251 e. The molecular formula is C23H26ClN5O2S. The highest BCUT2D eigenvalue weighted by Gasteiger charge is 2.25. The summed E-state index contributed by atoms with van der Waals surface area (Å²) in [5.74, 6) is 0.595. The Morgan fingerprint density at radius 3 is 2.50 bits per heavy atom. The van der Waals surface area contributed by atoms with E-state index in [0.717, 1.165) is 5.56 Å². The van der Waals surface area contributed by atoms with Crippen LogP contribution in [0.25, 0.3) is 0 Å². The number of carbonyl (C=O) groups is 2. The van der Waals surface area contributed by atoms with E-state index in [9.17, 15) is 9.59 Å². The molecule has 7 nitrogen and oxygen atoms in total. The number of aromatic nitrogens is 3. The minimum absolute atomic E-state index is 0.0951. The van der Waals surface area contributed by atoms with Gasteiger partial charge in [-0.05, 0) is 49.2 Å². The maximum atomic E-state index is 12.8. The summed E-state index contributed by atoms with van der Waals surface area (Å²) < 4.78 is 1.82. The van der Waals surface area contributed by atoms with Gasteiger partial charge in [0.25, 0.3) is 5.91 Å². The van der Waals surface area contributed by atoms with Gasteiger partial charge < -0.3 is 15.2 Å². The molecule has 0 aliphatic rings. The molecule has 2 amide bonds. The summed E-state index contributed by atoms with van der Waals surface area (Å²) in [6.45, 7) is 5.98. The highest BCUT2D eigenvalue weighted by molar-refractivity contribution is 7.99. The molecule has 0 spiro atoms. The molecule has 2 aromatic carbocycles. The lowest BCUT2D eigenvalue weighted by Crippen LogP contribution is -2.33. The van der Waals surface area contributed by atoms with Crippen molar-refractivity contribution in [2.24, 2.45) is 13.0 Å². The number of nitrogens with one attached hydrogen (secondary N) is 2. The Morgan fingerprint density at radius 2 is 1.84 bits per heavy atom. The molecule has 1 atom stereocenters. The maximum absolute atomic E-state index is 12.8. The quantitative estimate of drug-likeness (QED) is 0.467. The highest BCUT2D eigenvalue weighted by atomic mass is 35.5. The van der Waals surface area contributed by atoms with Crippen LogP contribution in [0.15, 0.2) is 53.7 Å². The molecule has 1 aromatic heterocycles. The molecule has 3 aromatic rings. The fourth-order valence-corrected chi connectivity index (χ4v) is 3.97. The predicted octanol–water partition coefficient (Wildman–Crippen LogP) is 4.63. The molecule has 3 rings (SSSR count). The van der Waals surface area contributed by atoms with Crippen LogP contribution >= 0.6 is 23.4 Å². The zero-order chi connectivity index (χ0) is 23.3. The summed E-state index contributed by atoms with van der Waals surface area (Å²) in [6.07, 6.45) is 0. The van der Waals surface area contributed by atoms with E-state index in [4.69, 9.17) is 11.6 Å². The molecule has 0 aliphatic heterocycles. The van der Waals surface area contributed by atoms with E-state index in [-0.39, 0.29) is 29.5 Å². The molecule has 9 heteroatoms. The number of nitrogens with zero attached hydrogens (tertiary/aromatic N) is 3. The summed E-state index contributed by atoms with van der Waals surface area (Å²) in [7, 11) is 1.84. The van der Waals surface area contributed by atoms with Crippen molar-refractivity contribution in [1.29, 1.82) is 0 Å². The first-order chi connectivity index (χ1) is 15.2. The summed E-state index contributed by atoms with van der Waals surface area (Å²) >= 11 is 7.15. The number of anilines is 1. The monoisotopic (exact) mass is 471 g/mol. The van der Waals surface area contributed by atoms with Crippen molar-refractivity contribution in [3.8, 4) is 0 Å². The second kappa shape index (κ2) is 10.7. The molecular weight excluding hydrogens is 446 g/mol. The first-order valence-corrected chi connectivity index (χ1v) is 11.6. The van der Waals surface area contributed by atoms with Gasteiger partial charge in [0.15, 0.2) is 11.0 Å². The van der Waals surface area contributed by atoms with Crippen LogP contribution in [0.4, 0.5) is 5.69 Å². The van der Waals surface area contributed by atoms with Gasteiger partial charge in [-0.3, -0.25) is 9.59 Å². The van der Waals surface area contributed by atoms with Crippen molar-refractivity contribution in [3.63, 3.8) is 0 Å². The number of aryl methyl sites for hydroxylation is 1. The van der Waals surface area contributed by atoms with Crippen LogP contribution in [0.5, 0.6) is 0 Å². The van der Waals surface area contributed by atoms with Crippen molar-refractivity contribution in [3.05, 3.63) is 70.5 Å². The Balaban J connectivity index is 1.66. The summed E-state index contributed by atoms with van der Waals surface area (Å²) in [6, 6.07) is 14.1. The van der Waals surface area contributed by atoms with E-state index >= 15 is 0 Å². The first-order valence-electron chi connectivity index (χ1n) is 10.2. The summed E-state index contributed by atoms with van der Waals surface area (Å²) in [5.41, 5.74) is 2.30. The fourth-order valence-electron chi connectivity index (χ4n) is 3.12. The number of thioether (sulfide) groups is 1. The molecule has 1 heterocycles. The Hall–Kier alpha value is -2.84. The van der Waals surface area contributed by atoms with E-state index in [1.807, 2.05) is 50.6 Å². The normalized spacial score (nSPS) is 11.9. The van der Waals surface area contributed by atoms with Crippen molar-refractivity contribution >= 4 is 40.9 Å². The largest absolute Gasteiger partial charge is 0.342 e. The number of benzene rings is 2. The Bertz CT molecular complexity index is 1100. The number of rotatable bonds is 8. The summed E-state index contributed by atoms with van der Waals surface area (Å²) in [4.78, 5) is 25.1. The lowest BCUT2D eigenvalue weighted by molar-refractivity contribution is -0.113. The Morgan fingerprint density at radius 1 is 1.12 bits per heavy atom. The van der Waals surface area contributed by atoms with Gasteiger partial charge in [0.1, 0.15) is 0 Å². The van der Waals surface area contributed by atoms with Crippen molar-refractivity contribution in [1.82, 2.24) is 20.1 Å². The minimum atomic E-state index is -0.322. The Labute approximate surface area is 197 Å². The number of amides is 2. The molecule has 2 N–H and O–H groups in total. The van der Waals surface area contributed by atoms with E-state index in [2.05, 4.69) is 20.8 Å². The minimum Gasteiger partial charge on any atom is -0.342 e. The van der Waals surface area contributed by atoms with Gasteiger partial charge in [-0.25, -0.2) is 0 Å². The average molecular weight is 472 g/mol. The SMILES string of the molecule is Cc1cccc(C(=O)N[C@@H](c2nnc(SCC(=O)Nc3ccc(Cl)cc3)n2C)C(C)C)c1. The van der Waals surface area contributed by atoms with Crippen LogP contribution < -0.4 is 10.6 Å². The first kappa shape index (κ1) is 23.8. The van der Waals surface area contributed by atoms with Crippen molar-refractivity contribution in [2.45, 2.75) is 32.0 Å². The van der Waals surface area contributed by atoms with Crippen LogP contribution in [0.3, 0.4) is 0 Å². The third-order valence-electron chi connectivity index (χ3n) is 4.84. The zero-order valence-electron chi connectivity index (χ0n) is 18.4. The van der Waals surface area contributed by atoms with Crippen molar-refractivity contribution in [2.75, 3.05) is 11.1 Å². The number of hydrogen-bond donors (Lipinski definition) is 2. The zero-order valence-corrected chi connectivity index (χ0v) is 20.0. The molecule has 0 fully saturated rings. The van der Waals surface area contributed by atoms with Gasteiger partial charge in [-0.1, -0.05) is 54.9 Å². The molecule has 0 saturated carbocycles. The van der Waals surface area contributed by atoms with Crippen molar-refractivity contribution < 1.29 is 9.59 Å².